The summed E-state index contributed by atoms with van der Waals surface area (Å²) >= 11 is 0. The number of carbonyl (C=O) groups excluding carboxylic acids is 3. The summed E-state index contributed by atoms with van der Waals surface area (Å²) in [7, 11) is 1.20. The number of carbonyl (C=O) groups is 3. The Morgan fingerprint density at radius 2 is 2.07 bits per heavy atom. The van der Waals surface area contributed by atoms with E-state index in [1.807, 2.05) is 0 Å². The van der Waals surface area contributed by atoms with Crippen molar-refractivity contribution < 1.29 is 28.6 Å². The predicted molar refractivity (Wildman–Crippen MR) is 93.3 cm³/mol. The van der Waals surface area contributed by atoms with Crippen molar-refractivity contribution in [2.45, 2.75) is 6.92 Å². The number of aryl methyl sites for hydroxylation is 1. The first-order chi connectivity index (χ1) is 12.8. The van der Waals surface area contributed by atoms with Crippen LogP contribution in [0.4, 0.5) is 0 Å². The number of pyridine rings is 1. The molecule has 9 heteroatoms. The molecule has 2 N–H and O–H groups in total. The molecule has 2 aromatic heterocycles. The highest BCUT2D eigenvalue weighted by Gasteiger charge is 2.16. The molecule has 0 fully saturated rings. The van der Waals surface area contributed by atoms with Crippen LogP contribution in [0.3, 0.4) is 0 Å². The molecule has 0 aliphatic heterocycles. The van der Waals surface area contributed by atoms with Crippen LogP contribution in [0.15, 0.2) is 39.6 Å². The Labute approximate surface area is 153 Å². The monoisotopic (exact) mass is 372 g/mol. The van der Waals surface area contributed by atoms with E-state index >= 15 is 0 Å². The largest absolute Gasteiger partial charge is 0.507 e. The van der Waals surface area contributed by atoms with Crippen molar-refractivity contribution in [2.75, 3.05) is 13.7 Å². The van der Waals surface area contributed by atoms with Gasteiger partial charge >= 0.3 is 11.6 Å². The molecule has 27 heavy (non-hydrogen) atoms. The number of nitrogens with zero attached hydrogens (tertiary/aromatic N) is 1. The van der Waals surface area contributed by atoms with Gasteiger partial charge in [-0.15, -0.1) is 0 Å². The lowest BCUT2D eigenvalue weighted by Gasteiger charge is -2.04. The van der Waals surface area contributed by atoms with E-state index in [-0.39, 0.29) is 23.7 Å². The summed E-state index contributed by atoms with van der Waals surface area (Å²) in [4.78, 5) is 50.9. The molecule has 0 aromatic carbocycles. The molecule has 2 aromatic rings. The van der Waals surface area contributed by atoms with Crippen molar-refractivity contribution in [3.63, 3.8) is 0 Å². The topological polar surface area (TPSA) is 136 Å². The fraction of sp³-hybridized carbons (Fsp3) is 0.167. The molecule has 0 bridgehead atoms. The first-order valence-electron chi connectivity index (χ1n) is 7.70. The Morgan fingerprint density at radius 3 is 2.74 bits per heavy atom. The number of hydrogen-bond acceptors (Lipinski definition) is 8. The van der Waals surface area contributed by atoms with Crippen LogP contribution in [0, 0.1) is 6.92 Å². The molecule has 9 nitrogen and oxygen atoms in total. The van der Waals surface area contributed by atoms with Gasteiger partial charge in [0.15, 0.2) is 5.78 Å². The van der Waals surface area contributed by atoms with Crippen molar-refractivity contribution in [3.8, 4) is 5.75 Å². The fourth-order valence-corrected chi connectivity index (χ4v) is 2.05. The molecule has 0 unspecified atom stereocenters. The molecule has 1 amide bonds. The molecule has 0 radical (unpaired) electrons. The number of rotatable bonds is 6. The standard InChI is InChI=1S/C18H16N2O7/c1-10-8-14(22)16(18(25)27-10)13(21)7-6-11-4-3-5-12(20-11)17(24)19-9-15(23)26-2/h3-8,22H,9H2,1-2H3,(H,19,24)/b7-6+. The maximum absolute atomic E-state index is 12.1. The van der Waals surface area contributed by atoms with Crippen LogP contribution in [0.5, 0.6) is 5.75 Å². The van der Waals surface area contributed by atoms with E-state index in [9.17, 15) is 24.3 Å². The van der Waals surface area contributed by atoms with Gasteiger partial charge in [0, 0.05) is 6.07 Å². The zero-order valence-corrected chi connectivity index (χ0v) is 14.5. The minimum absolute atomic E-state index is 0.0196. The number of nitrogens with one attached hydrogen (secondary N) is 1. The van der Waals surface area contributed by atoms with E-state index in [2.05, 4.69) is 15.0 Å². The van der Waals surface area contributed by atoms with Crippen LogP contribution < -0.4 is 10.9 Å². The van der Waals surface area contributed by atoms with Gasteiger partial charge in [0.1, 0.15) is 29.3 Å². The van der Waals surface area contributed by atoms with E-state index in [4.69, 9.17) is 4.42 Å². The summed E-state index contributed by atoms with van der Waals surface area (Å²) in [6.45, 7) is 1.16. The normalized spacial score (nSPS) is 10.6. The maximum Gasteiger partial charge on any atom is 0.351 e. The van der Waals surface area contributed by atoms with Gasteiger partial charge in [-0.1, -0.05) is 6.07 Å². The number of hydrogen-bond donors (Lipinski definition) is 2. The second-order valence-corrected chi connectivity index (χ2v) is 5.31. The minimum Gasteiger partial charge on any atom is -0.507 e. The number of amides is 1. The van der Waals surface area contributed by atoms with Crippen molar-refractivity contribution in [1.82, 2.24) is 10.3 Å². The van der Waals surface area contributed by atoms with Crippen molar-refractivity contribution >= 4 is 23.7 Å². The van der Waals surface area contributed by atoms with Crippen LogP contribution >= 0.6 is 0 Å². The summed E-state index contributed by atoms with van der Waals surface area (Å²) in [6.07, 6.45) is 2.30. The number of aromatic nitrogens is 1. The lowest BCUT2D eigenvalue weighted by molar-refractivity contribution is -0.139. The number of ketones is 1. The average molecular weight is 372 g/mol. The highest BCUT2D eigenvalue weighted by Crippen LogP contribution is 2.15. The van der Waals surface area contributed by atoms with Crippen LogP contribution in [-0.2, 0) is 9.53 Å². The van der Waals surface area contributed by atoms with Gasteiger partial charge in [-0.25, -0.2) is 9.78 Å². The van der Waals surface area contributed by atoms with Crippen LogP contribution in [0.1, 0.15) is 32.3 Å². The molecule has 2 heterocycles. The Bertz CT molecular complexity index is 976. The molecule has 0 aliphatic rings. The summed E-state index contributed by atoms with van der Waals surface area (Å²) in [5, 5.41) is 12.1. The van der Waals surface area contributed by atoms with Gasteiger partial charge in [-0.3, -0.25) is 14.4 Å². The minimum atomic E-state index is -0.953. The Kier molecular flexibility index (Phi) is 6.21. The summed E-state index contributed by atoms with van der Waals surface area (Å²) in [6, 6.07) is 5.64. The summed E-state index contributed by atoms with van der Waals surface area (Å²) in [5.74, 6) is -2.29. The first kappa shape index (κ1) is 19.6. The highest BCUT2D eigenvalue weighted by atomic mass is 16.5. The van der Waals surface area contributed by atoms with Crippen LogP contribution in [-0.4, -0.2) is 41.4 Å². The molecular formula is C18H16N2O7. The third-order valence-electron chi connectivity index (χ3n) is 3.33. The lowest BCUT2D eigenvalue weighted by atomic mass is 10.1. The average Bonchev–Trinajstić information content (AvgIpc) is 2.63. The van der Waals surface area contributed by atoms with E-state index in [1.165, 1.54) is 38.3 Å². The van der Waals surface area contributed by atoms with E-state index in [1.54, 1.807) is 0 Å². The maximum atomic E-state index is 12.1. The number of esters is 1. The predicted octanol–water partition coefficient (Wildman–Crippen LogP) is 0.848. The third-order valence-corrected chi connectivity index (χ3v) is 3.33. The first-order valence-corrected chi connectivity index (χ1v) is 7.70. The smallest absolute Gasteiger partial charge is 0.351 e. The number of ether oxygens (including phenoxy) is 1. The zero-order valence-electron chi connectivity index (χ0n) is 14.5. The lowest BCUT2D eigenvalue weighted by Crippen LogP contribution is -2.30. The van der Waals surface area contributed by atoms with Crippen LogP contribution in [0.2, 0.25) is 0 Å². The zero-order chi connectivity index (χ0) is 20.0. The van der Waals surface area contributed by atoms with Gasteiger partial charge in [0.2, 0.25) is 0 Å². The molecule has 0 atom stereocenters. The second-order valence-electron chi connectivity index (χ2n) is 5.31. The van der Waals surface area contributed by atoms with Gasteiger partial charge in [-0.2, -0.15) is 0 Å². The van der Waals surface area contributed by atoms with Crippen molar-refractivity contribution in [1.29, 1.82) is 0 Å². The molecule has 0 aliphatic carbocycles. The SMILES string of the molecule is COC(=O)CNC(=O)c1cccc(/C=C/C(=O)c2c(O)cc(C)oc2=O)n1. The van der Waals surface area contributed by atoms with E-state index in [0.29, 0.717) is 0 Å². The molecule has 0 saturated carbocycles. The second kappa shape index (κ2) is 8.56. The fourth-order valence-electron chi connectivity index (χ4n) is 2.05. The molecule has 140 valence electrons. The van der Waals surface area contributed by atoms with Gasteiger partial charge in [-0.05, 0) is 31.2 Å². The number of methoxy groups -OCH3 is 1. The summed E-state index contributed by atoms with van der Waals surface area (Å²) < 4.78 is 9.21. The van der Waals surface area contributed by atoms with Crippen molar-refractivity contribution in [2.24, 2.45) is 0 Å². The molecule has 0 spiro atoms. The number of allylic oxidation sites excluding steroid dienone is 1. The molecule has 0 saturated heterocycles. The Morgan fingerprint density at radius 1 is 1.33 bits per heavy atom. The number of aromatic hydroxyl groups is 1. The Hall–Kier alpha value is -3.75. The molecule has 2 rings (SSSR count). The van der Waals surface area contributed by atoms with Gasteiger partial charge < -0.3 is 19.6 Å². The van der Waals surface area contributed by atoms with Gasteiger partial charge in [0.05, 0.1) is 12.8 Å². The highest BCUT2D eigenvalue weighted by molar-refractivity contribution is 6.08. The van der Waals surface area contributed by atoms with E-state index < -0.39 is 34.6 Å². The third kappa shape index (κ3) is 5.11. The van der Waals surface area contributed by atoms with Gasteiger partial charge in [0.25, 0.3) is 5.91 Å². The summed E-state index contributed by atoms with van der Waals surface area (Å²) in [5.41, 5.74) is -1.17. The van der Waals surface area contributed by atoms with Crippen molar-refractivity contribution in [3.05, 3.63) is 63.5 Å². The van der Waals surface area contributed by atoms with E-state index in [0.717, 1.165) is 12.1 Å². The molecular weight excluding hydrogens is 356 g/mol. The quantitative estimate of drug-likeness (QED) is 0.433. The van der Waals surface area contributed by atoms with Crippen LogP contribution in [0.25, 0.3) is 6.08 Å². The Balaban J connectivity index is 2.16.